The number of pyridine rings is 2. The van der Waals surface area contributed by atoms with Crippen LogP contribution in [-0.2, 0) is 6.42 Å². The average molecular weight is 357 g/mol. The molecule has 1 aromatic carbocycles. The minimum absolute atomic E-state index is 0.0681. The van der Waals surface area contributed by atoms with Gasteiger partial charge in [0.05, 0.1) is 17.2 Å². The van der Waals surface area contributed by atoms with Gasteiger partial charge in [0.2, 0.25) is 0 Å². The first-order chi connectivity index (χ1) is 13.2. The number of carbonyl (C=O) groups is 1. The lowest BCUT2D eigenvalue weighted by Gasteiger charge is -2.17. The van der Waals surface area contributed by atoms with Crippen LogP contribution >= 0.6 is 0 Å². The molecule has 3 aromatic rings. The number of hydrogen-bond acceptors (Lipinski definition) is 5. The lowest BCUT2D eigenvalue weighted by atomic mass is 10.2. The van der Waals surface area contributed by atoms with Gasteiger partial charge in [-0.1, -0.05) is 0 Å². The summed E-state index contributed by atoms with van der Waals surface area (Å²) in [6.45, 7) is 0.619. The van der Waals surface area contributed by atoms with Crippen LogP contribution in [0.25, 0.3) is 0 Å². The molecule has 0 bridgehead atoms. The van der Waals surface area contributed by atoms with E-state index in [1.165, 1.54) is 0 Å². The summed E-state index contributed by atoms with van der Waals surface area (Å²) in [5, 5.41) is 12.0. The molecule has 3 rings (SSSR count). The summed E-state index contributed by atoms with van der Waals surface area (Å²) in [6.07, 6.45) is 5.84. The number of amides is 1. The molecule has 0 radical (unpaired) electrons. The van der Waals surface area contributed by atoms with Crippen molar-refractivity contribution in [1.29, 1.82) is 5.26 Å². The summed E-state index contributed by atoms with van der Waals surface area (Å²) < 4.78 is 0. The highest BCUT2D eigenvalue weighted by Gasteiger charge is 2.12. The number of rotatable bonds is 6. The molecule has 2 heterocycles. The topological polar surface area (TPSA) is 81.9 Å². The number of carbonyl (C=O) groups excluding carboxylic acids is 1. The summed E-state index contributed by atoms with van der Waals surface area (Å²) in [7, 11) is 1.78. The van der Waals surface area contributed by atoms with Crippen LogP contribution in [0.3, 0.4) is 0 Å². The molecule has 0 spiro atoms. The second-order valence-electron chi connectivity index (χ2n) is 6.08. The van der Waals surface area contributed by atoms with Crippen molar-refractivity contribution >= 4 is 17.4 Å². The van der Waals surface area contributed by atoms with Gasteiger partial charge in [-0.3, -0.25) is 9.78 Å². The Balaban J connectivity index is 1.58. The van der Waals surface area contributed by atoms with Crippen LogP contribution in [0.4, 0.5) is 11.5 Å². The van der Waals surface area contributed by atoms with Crippen molar-refractivity contribution in [3.05, 3.63) is 83.8 Å². The summed E-state index contributed by atoms with van der Waals surface area (Å²) in [5.74, 6) is 0.567. The third-order valence-electron chi connectivity index (χ3n) is 4.13. The Morgan fingerprint density at radius 1 is 1.11 bits per heavy atom. The van der Waals surface area contributed by atoms with E-state index in [9.17, 15) is 4.79 Å². The Morgan fingerprint density at radius 3 is 2.48 bits per heavy atom. The molecule has 0 aliphatic carbocycles. The second kappa shape index (κ2) is 8.59. The van der Waals surface area contributed by atoms with Crippen LogP contribution in [0, 0.1) is 11.3 Å². The number of likely N-dealkylation sites (N-methyl/N-ethyl adjacent to an activating group) is 1. The zero-order valence-electron chi connectivity index (χ0n) is 15.0. The molecule has 6 nitrogen and oxygen atoms in total. The summed E-state index contributed by atoms with van der Waals surface area (Å²) >= 11 is 0. The van der Waals surface area contributed by atoms with Crippen LogP contribution in [0.1, 0.15) is 21.5 Å². The van der Waals surface area contributed by atoms with E-state index in [4.69, 9.17) is 5.26 Å². The van der Waals surface area contributed by atoms with E-state index in [0.29, 0.717) is 23.5 Å². The van der Waals surface area contributed by atoms with Crippen LogP contribution < -0.4 is 5.32 Å². The zero-order valence-corrected chi connectivity index (χ0v) is 15.0. The maximum Gasteiger partial charge on any atom is 0.255 e. The van der Waals surface area contributed by atoms with Gasteiger partial charge in [-0.15, -0.1) is 0 Å². The minimum Gasteiger partial charge on any atom is -0.341 e. The fraction of sp³-hybridized carbons (Fsp3) is 0.143. The Morgan fingerprint density at radius 2 is 1.85 bits per heavy atom. The largest absolute Gasteiger partial charge is 0.341 e. The minimum atomic E-state index is -0.0681. The Hall–Kier alpha value is -3.72. The Labute approximate surface area is 158 Å². The van der Waals surface area contributed by atoms with E-state index in [-0.39, 0.29) is 5.91 Å². The van der Waals surface area contributed by atoms with Gasteiger partial charge < -0.3 is 10.2 Å². The summed E-state index contributed by atoms with van der Waals surface area (Å²) in [6, 6.07) is 16.6. The third-order valence-corrected chi connectivity index (χ3v) is 4.13. The van der Waals surface area contributed by atoms with Gasteiger partial charge in [-0.25, -0.2) is 4.98 Å². The van der Waals surface area contributed by atoms with E-state index in [1.54, 1.807) is 54.8 Å². The van der Waals surface area contributed by atoms with Crippen molar-refractivity contribution in [2.45, 2.75) is 6.42 Å². The molecule has 27 heavy (non-hydrogen) atoms. The Kier molecular flexibility index (Phi) is 5.75. The van der Waals surface area contributed by atoms with Crippen LogP contribution in [0.15, 0.2) is 67.1 Å². The highest BCUT2D eigenvalue weighted by Crippen LogP contribution is 2.16. The van der Waals surface area contributed by atoms with E-state index >= 15 is 0 Å². The van der Waals surface area contributed by atoms with Crippen LogP contribution in [-0.4, -0.2) is 34.4 Å². The molecule has 0 saturated heterocycles. The molecule has 0 aliphatic rings. The van der Waals surface area contributed by atoms with Gasteiger partial charge in [0.15, 0.2) is 0 Å². The van der Waals surface area contributed by atoms with E-state index < -0.39 is 0 Å². The molecule has 0 saturated carbocycles. The van der Waals surface area contributed by atoms with Gasteiger partial charge in [-0.05, 0) is 60.5 Å². The van der Waals surface area contributed by atoms with E-state index in [2.05, 4.69) is 21.4 Å². The maximum atomic E-state index is 12.5. The molecule has 0 unspecified atom stereocenters. The lowest BCUT2D eigenvalue weighted by molar-refractivity contribution is 0.0796. The molecule has 1 N–H and O–H groups in total. The van der Waals surface area contributed by atoms with Gasteiger partial charge in [0, 0.05) is 37.9 Å². The normalized spacial score (nSPS) is 10.1. The van der Waals surface area contributed by atoms with Gasteiger partial charge in [-0.2, -0.15) is 5.26 Å². The first kappa shape index (κ1) is 18.1. The smallest absolute Gasteiger partial charge is 0.255 e. The van der Waals surface area contributed by atoms with Crippen LogP contribution in [0.2, 0.25) is 0 Å². The monoisotopic (exact) mass is 357 g/mol. The number of nitriles is 1. The summed E-state index contributed by atoms with van der Waals surface area (Å²) in [5.41, 5.74) is 3.11. The predicted octanol–water partition coefficient (Wildman–Crippen LogP) is 3.41. The standard InChI is InChI=1S/C21H19N5O/c1-26(13-10-16-8-11-23-12-9-16)21(27)18-4-7-20(24-15-18)25-19-5-2-17(14-22)3-6-19/h2-9,11-12,15H,10,13H2,1H3,(H,24,25). The maximum absolute atomic E-state index is 12.5. The van der Waals surface area contributed by atoms with E-state index in [1.807, 2.05) is 24.3 Å². The second-order valence-corrected chi connectivity index (χ2v) is 6.08. The Bertz CT molecular complexity index is 931. The van der Waals surface area contributed by atoms with Crippen molar-refractivity contribution in [2.75, 3.05) is 18.9 Å². The highest BCUT2D eigenvalue weighted by molar-refractivity contribution is 5.94. The van der Waals surface area contributed by atoms with Crippen molar-refractivity contribution in [2.24, 2.45) is 0 Å². The van der Waals surface area contributed by atoms with Crippen molar-refractivity contribution < 1.29 is 4.79 Å². The van der Waals surface area contributed by atoms with Gasteiger partial charge in [0.1, 0.15) is 5.82 Å². The molecule has 0 atom stereocenters. The SMILES string of the molecule is CN(CCc1ccncc1)C(=O)c1ccc(Nc2ccc(C#N)cc2)nc1. The fourth-order valence-corrected chi connectivity index (χ4v) is 2.54. The molecule has 0 fully saturated rings. The number of nitrogens with one attached hydrogen (secondary N) is 1. The molecule has 6 heteroatoms. The van der Waals surface area contributed by atoms with Gasteiger partial charge in [0.25, 0.3) is 5.91 Å². The number of nitrogens with zero attached hydrogens (tertiary/aromatic N) is 4. The fourth-order valence-electron chi connectivity index (χ4n) is 2.54. The molecular formula is C21H19N5O. The molecule has 2 aromatic heterocycles. The number of anilines is 2. The molecule has 0 aliphatic heterocycles. The van der Waals surface area contributed by atoms with Gasteiger partial charge >= 0.3 is 0 Å². The number of hydrogen-bond donors (Lipinski definition) is 1. The quantitative estimate of drug-likeness (QED) is 0.731. The predicted molar refractivity (Wildman–Crippen MR) is 104 cm³/mol. The molecular weight excluding hydrogens is 338 g/mol. The molecule has 134 valence electrons. The zero-order chi connectivity index (χ0) is 19.1. The van der Waals surface area contributed by atoms with Crippen molar-refractivity contribution in [3.63, 3.8) is 0 Å². The lowest BCUT2D eigenvalue weighted by Crippen LogP contribution is -2.28. The summed E-state index contributed by atoms with van der Waals surface area (Å²) in [4.78, 5) is 22.5. The highest BCUT2D eigenvalue weighted by atomic mass is 16.2. The van der Waals surface area contributed by atoms with E-state index in [0.717, 1.165) is 17.7 Å². The van der Waals surface area contributed by atoms with Crippen molar-refractivity contribution in [1.82, 2.24) is 14.9 Å². The number of aromatic nitrogens is 2. The first-order valence-corrected chi connectivity index (χ1v) is 8.53. The third kappa shape index (κ3) is 4.89. The van der Waals surface area contributed by atoms with Crippen molar-refractivity contribution in [3.8, 4) is 6.07 Å². The number of benzene rings is 1. The average Bonchev–Trinajstić information content (AvgIpc) is 2.73. The van der Waals surface area contributed by atoms with Crippen LogP contribution in [0.5, 0.6) is 0 Å². The molecule has 1 amide bonds. The first-order valence-electron chi connectivity index (χ1n) is 8.53.